The predicted octanol–water partition coefficient (Wildman–Crippen LogP) is 2.91. The van der Waals surface area contributed by atoms with Crippen molar-refractivity contribution < 1.29 is 9.52 Å². The molecular weight excluding hydrogens is 338 g/mol. The topological polar surface area (TPSA) is 59.3 Å². The fourth-order valence-corrected chi connectivity index (χ4v) is 3.69. The minimum absolute atomic E-state index is 0.117. The van der Waals surface area contributed by atoms with Gasteiger partial charge in [0.15, 0.2) is 12.4 Å². The van der Waals surface area contributed by atoms with Crippen LogP contribution >= 0.6 is 0 Å². The van der Waals surface area contributed by atoms with Crippen molar-refractivity contribution in [1.29, 1.82) is 0 Å². The molecule has 0 saturated carbocycles. The summed E-state index contributed by atoms with van der Waals surface area (Å²) in [6.07, 6.45) is 5.84. The molecule has 1 fully saturated rings. The van der Waals surface area contributed by atoms with Crippen molar-refractivity contribution in [3.8, 4) is 0 Å². The molecule has 1 amide bonds. The number of hydrogen-bond donors (Lipinski definition) is 1. The van der Waals surface area contributed by atoms with Gasteiger partial charge in [0.2, 0.25) is 0 Å². The van der Waals surface area contributed by atoms with Crippen LogP contribution in [0.5, 0.6) is 0 Å². The maximum absolute atomic E-state index is 12.4. The molecule has 0 spiro atoms. The molecule has 1 saturated heterocycles. The molecule has 2 aromatic rings. The molecule has 5 heteroatoms. The number of nitrogens with zero attached hydrogens (tertiary/aromatic N) is 2. The molecule has 0 unspecified atom stereocenters. The highest BCUT2D eigenvalue weighted by molar-refractivity contribution is 5.93. The smallest absolute Gasteiger partial charge is 0.257 e. The van der Waals surface area contributed by atoms with Crippen LogP contribution in [0.25, 0.3) is 0 Å². The van der Waals surface area contributed by atoms with Gasteiger partial charge in [-0.15, -0.1) is 0 Å². The van der Waals surface area contributed by atoms with E-state index in [-0.39, 0.29) is 11.9 Å². The Morgan fingerprint density at radius 3 is 2.70 bits per heavy atom. The van der Waals surface area contributed by atoms with E-state index in [0.717, 1.165) is 38.9 Å². The molecule has 1 aliphatic rings. The SMILES string of the molecule is CC(C)Cc1ccc(CN2CCC[C@@H](NC(=O)c3ccc[n+]([O-])c3)C2)cc1. The summed E-state index contributed by atoms with van der Waals surface area (Å²) in [7, 11) is 0. The molecule has 1 N–H and O–H groups in total. The van der Waals surface area contributed by atoms with Crippen molar-refractivity contribution in [3.05, 3.63) is 70.7 Å². The first-order valence-electron chi connectivity index (χ1n) is 9.79. The predicted molar refractivity (Wildman–Crippen MR) is 106 cm³/mol. The highest BCUT2D eigenvalue weighted by Gasteiger charge is 2.22. The van der Waals surface area contributed by atoms with Crippen LogP contribution in [0, 0.1) is 11.1 Å². The first kappa shape index (κ1) is 19.4. The normalized spacial score (nSPS) is 17.8. The van der Waals surface area contributed by atoms with E-state index in [1.165, 1.54) is 23.5 Å². The van der Waals surface area contributed by atoms with Gasteiger partial charge in [-0.05, 0) is 48.9 Å². The number of rotatable bonds is 6. The fourth-order valence-electron chi connectivity index (χ4n) is 3.69. The van der Waals surface area contributed by atoms with Gasteiger partial charge in [0, 0.05) is 25.2 Å². The molecule has 0 aliphatic carbocycles. The van der Waals surface area contributed by atoms with Gasteiger partial charge < -0.3 is 10.5 Å². The van der Waals surface area contributed by atoms with Gasteiger partial charge in [0.05, 0.1) is 0 Å². The van der Waals surface area contributed by atoms with Crippen LogP contribution in [0.15, 0.2) is 48.8 Å². The van der Waals surface area contributed by atoms with E-state index in [4.69, 9.17) is 0 Å². The van der Waals surface area contributed by atoms with Gasteiger partial charge >= 0.3 is 0 Å². The third-order valence-electron chi connectivity index (χ3n) is 4.95. The number of amides is 1. The summed E-state index contributed by atoms with van der Waals surface area (Å²) < 4.78 is 0.658. The number of nitrogens with one attached hydrogen (secondary N) is 1. The van der Waals surface area contributed by atoms with Crippen LogP contribution in [0.3, 0.4) is 0 Å². The van der Waals surface area contributed by atoms with Crippen LogP contribution in [0.4, 0.5) is 0 Å². The van der Waals surface area contributed by atoms with Gasteiger partial charge in [-0.1, -0.05) is 38.1 Å². The number of hydrogen-bond acceptors (Lipinski definition) is 3. The zero-order valence-electron chi connectivity index (χ0n) is 16.2. The van der Waals surface area contributed by atoms with Crippen molar-refractivity contribution in [2.75, 3.05) is 13.1 Å². The van der Waals surface area contributed by atoms with Crippen LogP contribution in [0.2, 0.25) is 0 Å². The number of piperidine rings is 1. The molecule has 1 aromatic heterocycles. The molecule has 144 valence electrons. The molecular formula is C22H29N3O2. The average Bonchev–Trinajstić information content (AvgIpc) is 2.63. The lowest BCUT2D eigenvalue weighted by atomic mass is 10.0. The van der Waals surface area contributed by atoms with Crippen molar-refractivity contribution >= 4 is 5.91 Å². The van der Waals surface area contributed by atoms with E-state index in [0.29, 0.717) is 16.2 Å². The fraction of sp³-hybridized carbons (Fsp3) is 0.455. The van der Waals surface area contributed by atoms with Crippen LogP contribution in [-0.4, -0.2) is 29.9 Å². The molecule has 0 radical (unpaired) electrons. The largest absolute Gasteiger partial charge is 0.619 e. The second-order valence-corrected chi connectivity index (χ2v) is 7.91. The molecule has 3 rings (SSSR count). The molecule has 1 aliphatic heterocycles. The van der Waals surface area contributed by atoms with Gasteiger partial charge in [-0.3, -0.25) is 9.69 Å². The zero-order valence-corrected chi connectivity index (χ0v) is 16.2. The number of pyridine rings is 1. The maximum Gasteiger partial charge on any atom is 0.257 e. The van der Waals surface area contributed by atoms with E-state index in [2.05, 4.69) is 48.3 Å². The number of likely N-dealkylation sites (tertiary alicyclic amines) is 1. The Kier molecular flexibility index (Phi) is 6.45. The minimum atomic E-state index is -0.176. The van der Waals surface area contributed by atoms with E-state index in [1.54, 1.807) is 12.1 Å². The van der Waals surface area contributed by atoms with Gasteiger partial charge in [0.1, 0.15) is 5.56 Å². The summed E-state index contributed by atoms with van der Waals surface area (Å²) in [4.78, 5) is 14.8. The quantitative estimate of drug-likeness (QED) is 0.631. The maximum atomic E-state index is 12.4. The Balaban J connectivity index is 1.54. The third kappa shape index (κ3) is 5.79. The molecule has 1 atom stereocenters. The van der Waals surface area contributed by atoms with Gasteiger partial charge in [-0.2, -0.15) is 4.73 Å². The highest BCUT2D eigenvalue weighted by atomic mass is 16.5. The first-order chi connectivity index (χ1) is 13.0. The van der Waals surface area contributed by atoms with E-state index < -0.39 is 0 Å². The number of benzene rings is 1. The van der Waals surface area contributed by atoms with Gasteiger partial charge in [0.25, 0.3) is 5.91 Å². The first-order valence-corrected chi connectivity index (χ1v) is 9.79. The molecule has 2 heterocycles. The van der Waals surface area contributed by atoms with Crippen molar-refractivity contribution in [2.45, 2.75) is 45.7 Å². The molecule has 27 heavy (non-hydrogen) atoms. The second-order valence-electron chi connectivity index (χ2n) is 7.91. The Morgan fingerprint density at radius 1 is 1.26 bits per heavy atom. The Bertz CT molecular complexity index is 758. The summed E-state index contributed by atoms with van der Waals surface area (Å²) in [5.41, 5.74) is 3.10. The zero-order chi connectivity index (χ0) is 19.2. The Hall–Kier alpha value is -2.40. The van der Waals surface area contributed by atoms with Crippen molar-refractivity contribution in [3.63, 3.8) is 0 Å². The van der Waals surface area contributed by atoms with Crippen LogP contribution < -0.4 is 10.0 Å². The lowest BCUT2D eigenvalue weighted by molar-refractivity contribution is -0.605. The molecule has 1 aromatic carbocycles. The number of carbonyl (C=O) groups is 1. The summed E-state index contributed by atoms with van der Waals surface area (Å²) in [5, 5.41) is 14.4. The Labute approximate surface area is 161 Å². The second kappa shape index (κ2) is 9.00. The molecule has 0 bridgehead atoms. The summed E-state index contributed by atoms with van der Waals surface area (Å²) in [5.74, 6) is 0.494. The van der Waals surface area contributed by atoms with E-state index >= 15 is 0 Å². The van der Waals surface area contributed by atoms with E-state index in [1.807, 2.05) is 0 Å². The third-order valence-corrected chi connectivity index (χ3v) is 4.95. The van der Waals surface area contributed by atoms with E-state index in [9.17, 15) is 10.0 Å². The number of carbonyl (C=O) groups excluding carboxylic acids is 1. The lowest BCUT2D eigenvalue weighted by Gasteiger charge is -2.33. The lowest BCUT2D eigenvalue weighted by Crippen LogP contribution is -2.47. The summed E-state index contributed by atoms with van der Waals surface area (Å²) >= 11 is 0. The Morgan fingerprint density at radius 2 is 2.00 bits per heavy atom. The van der Waals surface area contributed by atoms with Crippen molar-refractivity contribution in [1.82, 2.24) is 10.2 Å². The summed E-state index contributed by atoms with van der Waals surface area (Å²) in [6.45, 7) is 7.26. The highest BCUT2D eigenvalue weighted by Crippen LogP contribution is 2.16. The molecule has 5 nitrogen and oxygen atoms in total. The number of aromatic nitrogens is 1. The van der Waals surface area contributed by atoms with Crippen molar-refractivity contribution in [2.24, 2.45) is 5.92 Å². The summed E-state index contributed by atoms with van der Waals surface area (Å²) in [6, 6.07) is 12.3. The van der Waals surface area contributed by atoms with Gasteiger partial charge in [-0.25, -0.2) is 0 Å². The van der Waals surface area contributed by atoms with Crippen LogP contribution in [0.1, 0.15) is 48.2 Å². The standard InChI is InChI=1S/C22H29N3O2/c1-17(2)13-18-7-9-19(10-8-18)14-24-11-4-6-21(16-24)23-22(26)20-5-3-12-25(27)15-20/h3,5,7-10,12,15,17,21H,4,6,11,13-14,16H2,1-2H3,(H,23,26)/t21-/m1/s1. The van der Waals surface area contributed by atoms with Crippen LogP contribution in [-0.2, 0) is 13.0 Å². The average molecular weight is 367 g/mol. The minimum Gasteiger partial charge on any atom is -0.619 e. The monoisotopic (exact) mass is 367 g/mol.